The Balaban J connectivity index is 2.97. The molecule has 1 aromatic rings. The number of nitrogens with two attached hydrogens (primary N) is 1. The number of amides is 2. The number of methoxy groups -OCH3 is 1. The van der Waals surface area contributed by atoms with E-state index in [1.807, 2.05) is 6.07 Å². The Labute approximate surface area is 127 Å². The van der Waals surface area contributed by atoms with Crippen molar-refractivity contribution in [1.82, 2.24) is 4.90 Å². The molecule has 5 nitrogen and oxygen atoms in total. The molecule has 20 heavy (non-hydrogen) atoms. The summed E-state index contributed by atoms with van der Waals surface area (Å²) in [5.41, 5.74) is 6.12. The summed E-state index contributed by atoms with van der Waals surface area (Å²) in [5, 5.41) is 0. The number of benzene rings is 1. The van der Waals surface area contributed by atoms with Crippen LogP contribution in [0, 0.1) is 0 Å². The van der Waals surface area contributed by atoms with E-state index in [1.54, 1.807) is 32.2 Å². The van der Waals surface area contributed by atoms with Gasteiger partial charge in [0.05, 0.1) is 12.5 Å². The number of nitrogens with zero attached hydrogens (tertiary/aromatic N) is 1. The van der Waals surface area contributed by atoms with E-state index in [0.29, 0.717) is 5.56 Å². The minimum Gasteiger partial charge on any atom is -0.381 e. The van der Waals surface area contributed by atoms with Gasteiger partial charge in [0.15, 0.2) is 0 Å². The molecule has 2 amide bonds. The first-order chi connectivity index (χ1) is 9.36. The Bertz CT molecular complexity index is 493. The van der Waals surface area contributed by atoms with Gasteiger partial charge in [0, 0.05) is 18.6 Å². The van der Waals surface area contributed by atoms with E-state index in [0.717, 1.165) is 4.47 Å². The molecule has 0 bridgehead atoms. The summed E-state index contributed by atoms with van der Waals surface area (Å²) in [4.78, 5) is 25.2. The molecule has 0 aliphatic carbocycles. The van der Waals surface area contributed by atoms with Crippen LogP contribution in [0.15, 0.2) is 28.7 Å². The Morgan fingerprint density at radius 3 is 2.60 bits per heavy atom. The molecular weight excluding hydrogens is 324 g/mol. The van der Waals surface area contributed by atoms with Crippen molar-refractivity contribution in [2.24, 2.45) is 5.73 Å². The molecule has 0 unspecified atom stereocenters. The van der Waals surface area contributed by atoms with Crippen molar-refractivity contribution < 1.29 is 14.3 Å². The number of ether oxygens (including phenoxy) is 1. The second kappa shape index (κ2) is 7.40. The third kappa shape index (κ3) is 4.31. The molecule has 110 valence electrons. The van der Waals surface area contributed by atoms with E-state index in [4.69, 9.17) is 10.5 Å². The predicted molar refractivity (Wildman–Crippen MR) is 79.9 cm³/mol. The second-order valence-electron chi connectivity index (χ2n) is 4.61. The lowest BCUT2D eigenvalue weighted by Crippen LogP contribution is -2.40. The number of rotatable bonds is 6. The van der Waals surface area contributed by atoms with E-state index in [9.17, 15) is 9.59 Å². The van der Waals surface area contributed by atoms with Crippen LogP contribution >= 0.6 is 15.9 Å². The molecule has 0 aliphatic heterocycles. The molecule has 0 heterocycles. The Morgan fingerprint density at radius 1 is 1.45 bits per heavy atom. The molecule has 6 heteroatoms. The van der Waals surface area contributed by atoms with Crippen LogP contribution in [-0.4, -0.2) is 37.0 Å². The zero-order valence-corrected chi connectivity index (χ0v) is 13.4. The van der Waals surface area contributed by atoms with Gasteiger partial charge < -0.3 is 15.4 Å². The third-order valence-corrected chi connectivity index (χ3v) is 3.57. The SMILES string of the molecule is CO[C@H](C)CC(=O)N(C)[C@@H](C(N)=O)c1cccc(Br)c1. The largest absolute Gasteiger partial charge is 0.381 e. The van der Waals surface area contributed by atoms with Gasteiger partial charge in [-0.2, -0.15) is 0 Å². The summed E-state index contributed by atoms with van der Waals surface area (Å²) in [6, 6.07) is 6.40. The fraction of sp³-hybridized carbons (Fsp3) is 0.429. The molecule has 0 saturated carbocycles. The van der Waals surface area contributed by atoms with Crippen molar-refractivity contribution in [1.29, 1.82) is 0 Å². The Hall–Kier alpha value is -1.40. The van der Waals surface area contributed by atoms with Crippen LogP contribution in [-0.2, 0) is 14.3 Å². The summed E-state index contributed by atoms with van der Waals surface area (Å²) in [6.45, 7) is 1.80. The fourth-order valence-corrected chi connectivity index (χ4v) is 2.29. The average molecular weight is 343 g/mol. The smallest absolute Gasteiger partial charge is 0.244 e. The lowest BCUT2D eigenvalue weighted by Gasteiger charge is -2.27. The highest BCUT2D eigenvalue weighted by atomic mass is 79.9. The Kier molecular flexibility index (Phi) is 6.16. The maximum absolute atomic E-state index is 12.1. The summed E-state index contributed by atoms with van der Waals surface area (Å²) in [7, 11) is 3.11. The first-order valence-corrected chi connectivity index (χ1v) is 6.99. The number of hydrogen-bond acceptors (Lipinski definition) is 3. The molecule has 1 aromatic carbocycles. The van der Waals surface area contributed by atoms with Crippen LogP contribution in [0.25, 0.3) is 0 Å². The van der Waals surface area contributed by atoms with E-state index < -0.39 is 11.9 Å². The van der Waals surface area contributed by atoms with Crippen molar-refractivity contribution in [3.05, 3.63) is 34.3 Å². The van der Waals surface area contributed by atoms with Gasteiger partial charge in [0.2, 0.25) is 11.8 Å². The minimum absolute atomic E-state index is 0.192. The molecule has 2 atom stereocenters. The number of primary amides is 1. The zero-order chi connectivity index (χ0) is 15.3. The molecular formula is C14H19BrN2O3. The number of carbonyl (C=O) groups excluding carboxylic acids is 2. The number of halogens is 1. The monoisotopic (exact) mass is 342 g/mol. The van der Waals surface area contributed by atoms with Crippen molar-refractivity contribution in [3.63, 3.8) is 0 Å². The van der Waals surface area contributed by atoms with Gasteiger partial charge in [-0.05, 0) is 24.6 Å². The highest BCUT2D eigenvalue weighted by Gasteiger charge is 2.27. The van der Waals surface area contributed by atoms with E-state index in [-0.39, 0.29) is 18.4 Å². The molecule has 2 N–H and O–H groups in total. The topological polar surface area (TPSA) is 72.6 Å². The third-order valence-electron chi connectivity index (χ3n) is 3.08. The first-order valence-electron chi connectivity index (χ1n) is 6.20. The van der Waals surface area contributed by atoms with Crippen molar-refractivity contribution in [3.8, 4) is 0 Å². The molecule has 0 aliphatic rings. The molecule has 0 spiro atoms. The molecule has 0 aromatic heterocycles. The van der Waals surface area contributed by atoms with Gasteiger partial charge in [0.25, 0.3) is 0 Å². The van der Waals surface area contributed by atoms with E-state index >= 15 is 0 Å². The van der Waals surface area contributed by atoms with Crippen LogP contribution in [0.5, 0.6) is 0 Å². The predicted octanol–water partition coefficient (Wildman–Crippen LogP) is 1.86. The molecule has 0 saturated heterocycles. The van der Waals surface area contributed by atoms with Crippen LogP contribution in [0.4, 0.5) is 0 Å². The maximum Gasteiger partial charge on any atom is 0.244 e. The van der Waals surface area contributed by atoms with Crippen LogP contribution in [0.1, 0.15) is 24.9 Å². The van der Waals surface area contributed by atoms with Crippen LogP contribution in [0.2, 0.25) is 0 Å². The summed E-state index contributed by atoms with van der Waals surface area (Å²) < 4.78 is 5.89. The highest BCUT2D eigenvalue weighted by molar-refractivity contribution is 9.10. The summed E-state index contributed by atoms with van der Waals surface area (Å²) >= 11 is 3.34. The quantitative estimate of drug-likeness (QED) is 0.857. The molecule has 0 radical (unpaired) electrons. The lowest BCUT2D eigenvalue weighted by atomic mass is 10.0. The van der Waals surface area contributed by atoms with Gasteiger partial charge in [-0.1, -0.05) is 28.1 Å². The standard InChI is InChI=1S/C14H19BrN2O3/c1-9(20-3)7-12(18)17(2)13(14(16)19)10-5-4-6-11(15)8-10/h4-6,8-9,13H,7H2,1-3H3,(H2,16,19)/t9-,13-/m1/s1. The number of likely N-dealkylation sites (N-methyl/N-ethyl adjacent to an activating group) is 1. The van der Waals surface area contributed by atoms with Gasteiger partial charge >= 0.3 is 0 Å². The molecule has 0 fully saturated rings. The van der Waals surface area contributed by atoms with Gasteiger partial charge in [0.1, 0.15) is 6.04 Å². The second-order valence-corrected chi connectivity index (χ2v) is 5.53. The Morgan fingerprint density at radius 2 is 2.10 bits per heavy atom. The number of hydrogen-bond donors (Lipinski definition) is 1. The van der Waals surface area contributed by atoms with Gasteiger partial charge in [-0.25, -0.2) is 0 Å². The lowest BCUT2D eigenvalue weighted by molar-refractivity contribution is -0.139. The van der Waals surface area contributed by atoms with E-state index in [1.165, 1.54) is 12.0 Å². The normalized spacial score (nSPS) is 13.6. The van der Waals surface area contributed by atoms with Crippen molar-refractivity contribution in [2.75, 3.05) is 14.2 Å². The van der Waals surface area contributed by atoms with Crippen molar-refractivity contribution in [2.45, 2.75) is 25.5 Å². The minimum atomic E-state index is -0.788. The van der Waals surface area contributed by atoms with Gasteiger partial charge in [-0.15, -0.1) is 0 Å². The summed E-state index contributed by atoms with van der Waals surface area (Å²) in [6.07, 6.45) is -0.00823. The summed E-state index contributed by atoms with van der Waals surface area (Å²) in [5.74, 6) is -0.757. The van der Waals surface area contributed by atoms with Crippen LogP contribution in [0.3, 0.4) is 0 Å². The van der Waals surface area contributed by atoms with Crippen LogP contribution < -0.4 is 5.73 Å². The van der Waals surface area contributed by atoms with Gasteiger partial charge in [-0.3, -0.25) is 9.59 Å². The van der Waals surface area contributed by atoms with Crippen molar-refractivity contribution >= 4 is 27.7 Å². The zero-order valence-electron chi connectivity index (χ0n) is 11.8. The highest BCUT2D eigenvalue weighted by Crippen LogP contribution is 2.23. The first kappa shape index (κ1) is 16.7. The molecule has 1 rings (SSSR count). The fourth-order valence-electron chi connectivity index (χ4n) is 1.87. The number of carbonyl (C=O) groups is 2. The van der Waals surface area contributed by atoms with E-state index in [2.05, 4.69) is 15.9 Å². The average Bonchev–Trinajstić information content (AvgIpc) is 2.38. The maximum atomic E-state index is 12.1.